The van der Waals surface area contributed by atoms with Gasteiger partial charge < -0.3 is 10.1 Å². The van der Waals surface area contributed by atoms with Crippen molar-refractivity contribution < 1.29 is 4.74 Å². The fraction of sp³-hybridized carbons (Fsp3) is 0.750. The van der Waals surface area contributed by atoms with E-state index in [0.717, 1.165) is 35.1 Å². The molecule has 0 fully saturated rings. The molecule has 7 heteroatoms. The summed E-state index contributed by atoms with van der Waals surface area (Å²) in [6, 6.07) is 0. The highest BCUT2D eigenvalue weighted by atomic mass is 16.5. The molecular weight excluding hydrogens is 248 g/mol. The molecule has 108 valence electrons. The van der Waals surface area contributed by atoms with Crippen LogP contribution >= 0.6 is 0 Å². The molecule has 1 aromatic heterocycles. The maximum absolute atomic E-state index is 11.7. The van der Waals surface area contributed by atoms with Gasteiger partial charge in [0.05, 0.1) is 0 Å². The average Bonchev–Trinajstić information content (AvgIpc) is 2.41. The Morgan fingerprint density at radius 1 is 1.21 bits per heavy atom. The van der Waals surface area contributed by atoms with Crippen LogP contribution in [0.2, 0.25) is 0 Å². The minimum absolute atomic E-state index is 0.193. The number of nitrogens with zero attached hydrogens (tertiary/aromatic N) is 3. The second-order valence-electron chi connectivity index (χ2n) is 4.37. The molecule has 1 heterocycles. The zero-order chi connectivity index (χ0) is 14.3. The standard InChI is InChI=1S/C12H22N4O3/c1-4-5-8-19-9-6-7-13-10-11(17)15(2)12(18)16(3)14-10/h4-9H2,1-3H3,(H,13,14). The van der Waals surface area contributed by atoms with Crippen LogP contribution in [0.25, 0.3) is 0 Å². The van der Waals surface area contributed by atoms with Gasteiger partial charge in [0.2, 0.25) is 5.82 Å². The first-order valence-corrected chi connectivity index (χ1v) is 6.54. The van der Waals surface area contributed by atoms with Gasteiger partial charge in [-0.2, -0.15) is 0 Å². The molecule has 0 unspecified atom stereocenters. The van der Waals surface area contributed by atoms with E-state index in [9.17, 15) is 9.59 Å². The van der Waals surface area contributed by atoms with Gasteiger partial charge in [-0.15, -0.1) is 5.10 Å². The van der Waals surface area contributed by atoms with Crippen LogP contribution in [0.4, 0.5) is 5.82 Å². The number of ether oxygens (including phenoxy) is 1. The molecule has 0 aromatic carbocycles. The van der Waals surface area contributed by atoms with Crippen molar-refractivity contribution in [2.75, 3.05) is 25.1 Å². The summed E-state index contributed by atoms with van der Waals surface area (Å²) in [4.78, 5) is 23.2. The molecule has 1 rings (SSSR count). The van der Waals surface area contributed by atoms with E-state index in [0.29, 0.717) is 13.2 Å². The highest BCUT2D eigenvalue weighted by Gasteiger charge is 2.07. The monoisotopic (exact) mass is 270 g/mol. The number of rotatable bonds is 8. The number of unbranched alkanes of at least 4 members (excludes halogenated alkanes) is 1. The Bertz CT molecular complexity index is 507. The predicted molar refractivity (Wildman–Crippen MR) is 73.6 cm³/mol. The molecule has 0 atom stereocenters. The van der Waals surface area contributed by atoms with Crippen molar-refractivity contribution >= 4 is 5.82 Å². The first kappa shape index (κ1) is 15.4. The first-order chi connectivity index (χ1) is 9.07. The van der Waals surface area contributed by atoms with Gasteiger partial charge in [0, 0.05) is 33.9 Å². The van der Waals surface area contributed by atoms with Gasteiger partial charge in [0.25, 0.3) is 5.56 Å². The third kappa shape index (κ3) is 4.51. The van der Waals surface area contributed by atoms with Crippen molar-refractivity contribution in [2.45, 2.75) is 26.2 Å². The molecule has 0 spiro atoms. The Labute approximate surface area is 112 Å². The zero-order valence-electron chi connectivity index (χ0n) is 11.8. The van der Waals surface area contributed by atoms with Crippen molar-refractivity contribution in [3.8, 4) is 0 Å². The lowest BCUT2D eigenvalue weighted by Gasteiger charge is -2.08. The second-order valence-corrected chi connectivity index (χ2v) is 4.37. The third-order valence-electron chi connectivity index (χ3n) is 2.72. The van der Waals surface area contributed by atoms with Gasteiger partial charge in [-0.3, -0.25) is 9.36 Å². The van der Waals surface area contributed by atoms with Gasteiger partial charge in [-0.25, -0.2) is 9.48 Å². The summed E-state index contributed by atoms with van der Waals surface area (Å²) >= 11 is 0. The molecule has 1 aromatic rings. The quantitative estimate of drug-likeness (QED) is 0.678. The molecule has 1 N–H and O–H groups in total. The van der Waals surface area contributed by atoms with Crippen LogP contribution in [0.1, 0.15) is 26.2 Å². The van der Waals surface area contributed by atoms with E-state index >= 15 is 0 Å². The summed E-state index contributed by atoms with van der Waals surface area (Å²) in [6.07, 6.45) is 2.98. The highest BCUT2D eigenvalue weighted by Crippen LogP contribution is 1.92. The fourth-order valence-corrected chi connectivity index (χ4v) is 1.54. The maximum Gasteiger partial charge on any atom is 0.346 e. The van der Waals surface area contributed by atoms with Crippen LogP contribution in [0.3, 0.4) is 0 Å². The largest absolute Gasteiger partial charge is 0.381 e. The van der Waals surface area contributed by atoms with Crippen LogP contribution in [0, 0.1) is 0 Å². The molecule has 19 heavy (non-hydrogen) atoms. The number of hydrogen-bond acceptors (Lipinski definition) is 5. The van der Waals surface area contributed by atoms with Crippen molar-refractivity contribution in [3.05, 3.63) is 20.8 Å². The average molecular weight is 270 g/mol. The number of hydrogen-bond donors (Lipinski definition) is 1. The van der Waals surface area contributed by atoms with Crippen molar-refractivity contribution in [3.63, 3.8) is 0 Å². The lowest BCUT2D eigenvalue weighted by Crippen LogP contribution is -2.40. The van der Waals surface area contributed by atoms with E-state index in [1.807, 2.05) is 0 Å². The molecule has 0 radical (unpaired) electrons. The van der Waals surface area contributed by atoms with Crippen molar-refractivity contribution in [1.82, 2.24) is 14.3 Å². The Kier molecular flexibility index (Phi) is 6.27. The van der Waals surface area contributed by atoms with Crippen LogP contribution < -0.4 is 16.6 Å². The molecular formula is C12H22N4O3. The minimum atomic E-state index is -0.432. The van der Waals surface area contributed by atoms with E-state index in [1.54, 1.807) is 0 Å². The number of aryl methyl sites for hydroxylation is 1. The van der Waals surface area contributed by atoms with Gasteiger partial charge in [-0.05, 0) is 12.8 Å². The molecule has 7 nitrogen and oxygen atoms in total. The lowest BCUT2D eigenvalue weighted by molar-refractivity contribution is 0.131. The predicted octanol–water partition coefficient (Wildman–Crippen LogP) is 0.0977. The molecule has 0 aliphatic rings. The van der Waals surface area contributed by atoms with Crippen LogP contribution in [0.15, 0.2) is 9.59 Å². The topological polar surface area (TPSA) is 78.2 Å². The number of aromatic nitrogens is 3. The second kappa shape index (κ2) is 7.73. The highest BCUT2D eigenvalue weighted by molar-refractivity contribution is 5.29. The first-order valence-electron chi connectivity index (χ1n) is 6.54. The molecule has 0 saturated heterocycles. The van der Waals surface area contributed by atoms with Crippen LogP contribution in [-0.4, -0.2) is 34.1 Å². The van der Waals surface area contributed by atoms with Crippen molar-refractivity contribution in [2.24, 2.45) is 14.1 Å². The Balaban J connectivity index is 2.42. The van der Waals surface area contributed by atoms with Gasteiger partial charge in [0.15, 0.2) is 0 Å². The van der Waals surface area contributed by atoms with Crippen LogP contribution in [0.5, 0.6) is 0 Å². The normalized spacial score (nSPS) is 10.7. The van der Waals surface area contributed by atoms with Gasteiger partial charge in [-0.1, -0.05) is 13.3 Å². The summed E-state index contributed by atoms with van der Waals surface area (Å²) < 4.78 is 7.59. The van der Waals surface area contributed by atoms with Crippen LogP contribution in [-0.2, 0) is 18.8 Å². The number of anilines is 1. The fourth-order valence-electron chi connectivity index (χ4n) is 1.54. The SMILES string of the molecule is CCCCOCCCNc1nn(C)c(=O)n(C)c1=O. The summed E-state index contributed by atoms with van der Waals surface area (Å²) in [5, 5.41) is 6.83. The summed E-state index contributed by atoms with van der Waals surface area (Å²) in [7, 11) is 2.95. The third-order valence-corrected chi connectivity index (χ3v) is 2.72. The van der Waals surface area contributed by atoms with Gasteiger partial charge >= 0.3 is 5.69 Å². The van der Waals surface area contributed by atoms with E-state index in [2.05, 4.69) is 17.3 Å². The smallest absolute Gasteiger partial charge is 0.346 e. The molecule has 0 aliphatic carbocycles. The van der Waals surface area contributed by atoms with E-state index < -0.39 is 11.2 Å². The molecule has 0 bridgehead atoms. The summed E-state index contributed by atoms with van der Waals surface area (Å²) in [6.45, 7) is 4.13. The molecule has 0 aliphatic heterocycles. The van der Waals surface area contributed by atoms with Gasteiger partial charge in [0.1, 0.15) is 0 Å². The summed E-state index contributed by atoms with van der Waals surface area (Å²) in [5.74, 6) is 0.193. The Morgan fingerprint density at radius 2 is 1.89 bits per heavy atom. The summed E-state index contributed by atoms with van der Waals surface area (Å²) in [5.41, 5.74) is -0.839. The maximum atomic E-state index is 11.7. The minimum Gasteiger partial charge on any atom is -0.381 e. The van der Waals surface area contributed by atoms with Crippen molar-refractivity contribution in [1.29, 1.82) is 0 Å². The molecule has 0 saturated carbocycles. The van der Waals surface area contributed by atoms with E-state index in [4.69, 9.17) is 4.74 Å². The Morgan fingerprint density at radius 3 is 2.58 bits per heavy atom. The zero-order valence-corrected chi connectivity index (χ0v) is 11.8. The van der Waals surface area contributed by atoms with E-state index in [-0.39, 0.29) is 5.82 Å². The Hall–Kier alpha value is -1.63. The number of nitrogens with one attached hydrogen (secondary N) is 1. The molecule has 0 amide bonds. The van der Waals surface area contributed by atoms with E-state index in [1.165, 1.54) is 14.1 Å². The lowest BCUT2D eigenvalue weighted by atomic mass is 10.4.